The molecule has 1 saturated carbocycles. The Morgan fingerprint density at radius 3 is 2.92 bits per heavy atom. The number of hydrogen-bond donors (Lipinski definition) is 1. The van der Waals surface area contributed by atoms with Crippen LogP contribution < -0.4 is 5.32 Å². The van der Waals surface area contributed by atoms with Crippen LogP contribution in [-0.2, 0) is 13.1 Å². The molecule has 0 spiro atoms. The average Bonchev–Trinajstić information content (AvgIpc) is 2.71. The van der Waals surface area contributed by atoms with E-state index >= 15 is 0 Å². The summed E-state index contributed by atoms with van der Waals surface area (Å²) in [4.78, 5) is 0. The predicted octanol–water partition coefficient (Wildman–Crippen LogP) is 1.58. The van der Waals surface area contributed by atoms with Crippen LogP contribution in [0, 0.1) is 0 Å². The number of hydrogen-bond acceptors (Lipinski definition) is 2. The maximum Gasteiger partial charge on any atom is 0.109 e. The van der Waals surface area contributed by atoms with Crippen molar-refractivity contribution in [3.63, 3.8) is 0 Å². The maximum atomic E-state index is 4.56. The van der Waals surface area contributed by atoms with Crippen molar-refractivity contribution in [2.24, 2.45) is 0 Å². The van der Waals surface area contributed by atoms with E-state index in [0.29, 0.717) is 6.04 Å². The van der Waals surface area contributed by atoms with E-state index in [4.69, 9.17) is 0 Å². The summed E-state index contributed by atoms with van der Waals surface area (Å²) in [7, 11) is 0. The molecular weight excluding hydrogens is 218 g/mol. The van der Waals surface area contributed by atoms with Crippen molar-refractivity contribution in [3.05, 3.63) is 15.9 Å². The number of fused-ring (bicyclic) bond motifs is 1. The van der Waals surface area contributed by atoms with Crippen molar-refractivity contribution in [2.45, 2.75) is 32.0 Å². The van der Waals surface area contributed by atoms with Gasteiger partial charge in [0.1, 0.15) is 4.60 Å². The molecule has 3 nitrogen and oxygen atoms in total. The van der Waals surface area contributed by atoms with E-state index in [1.807, 2.05) is 0 Å². The molecule has 1 aliphatic carbocycles. The molecule has 3 rings (SSSR count). The van der Waals surface area contributed by atoms with Crippen LogP contribution in [-0.4, -0.2) is 9.78 Å². The zero-order chi connectivity index (χ0) is 8.13. The monoisotopic (exact) mass is 227 g/mol. The normalized spacial score (nSPS) is 21.4. The molecule has 1 aliphatic heterocycles. The highest BCUT2D eigenvalue weighted by atomic mass is 79.9. The molecule has 2 aliphatic rings. The molecule has 0 atom stereocenters. The van der Waals surface area contributed by atoms with E-state index in [0.717, 1.165) is 13.1 Å². The lowest BCUT2D eigenvalue weighted by Crippen LogP contribution is -2.06. The lowest BCUT2D eigenvalue weighted by molar-refractivity contribution is 0.599. The SMILES string of the molecule is Brc1c2c(nn1C1CC1)CNC2. The predicted molar refractivity (Wildman–Crippen MR) is 48.7 cm³/mol. The molecule has 0 aromatic carbocycles. The minimum Gasteiger partial charge on any atom is -0.307 e. The fraction of sp³-hybridized carbons (Fsp3) is 0.625. The largest absolute Gasteiger partial charge is 0.307 e. The second-order valence-corrected chi connectivity index (χ2v) is 4.25. The van der Waals surface area contributed by atoms with Gasteiger partial charge < -0.3 is 5.32 Å². The molecule has 0 radical (unpaired) electrons. The van der Waals surface area contributed by atoms with Gasteiger partial charge in [-0.15, -0.1) is 0 Å². The van der Waals surface area contributed by atoms with Crippen molar-refractivity contribution in [1.29, 1.82) is 0 Å². The molecule has 0 amide bonds. The zero-order valence-corrected chi connectivity index (χ0v) is 8.26. The topological polar surface area (TPSA) is 29.9 Å². The van der Waals surface area contributed by atoms with Crippen LogP contribution in [0.25, 0.3) is 0 Å². The zero-order valence-electron chi connectivity index (χ0n) is 6.68. The van der Waals surface area contributed by atoms with Crippen LogP contribution in [0.15, 0.2) is 4.60 Å². The Bertz CT molecular complexity index is 327. The lowest BCUT2D eigenvalue weighted by atomic mass is 10.3. The number of nitrogens with one attached hydrogen (secondary N) is 1. The van der Waals surface area contributed by atoms with Gasteiger partial charge in [-0.05, 0) is 28.8 Å². The van der Waals surface area contributed by atoms with Gasteiger partial charge in [-0.2, -0.15) is 5.10 Å². The molecule has 0 saturated heterocycles. The Morgan fingerprint density at radius 1 is 1.42 bits per heavy atom. The molecule has 2 heterocycles. The smallest absolute Gasteiger partial charge is 0.109 e. The van der Waals surface area contributed by atoms with E-state index in [1.54, 1.807) is 0 Å². The maximum absolute atomic E-state index is 4.56. The summed E-state index contributed by atoms with van der Waals surface area (Å²) in [6, 6.07) is 0.685. The minimum absolute atomic E-state index is 0.685. The van der Waals surface area contributed by atoms with Gasteiger partial charge in [0.2, 0.25) is 0 Å². The van der Waals surface area contributed by atoms with E-state index < -0.39 is 0 Å². The van der Waals surface area contributed by atoms with E-state index in [2.05, 4.69) is 31.0 Å². The third-order valence-corrected chi connectivity index (χ3v) is 3.36. The second kappa shape index (κ2) is 2.33. The number of halogens is 1. The van der Waals surface area contributed by atoms with Crippen LogP contribution in [0.2, 0.25) is 0 Å². The molecule has 1 aromatic heterocycles. The minimum atomic E-state index is 0.685. The van der Waals surface area contributed by atoms with Gasteiger partial charge in [-0.25, -0.2) is 0 Å². The summed E-state index contributed by atoms with van der Waals surface area (Å²) in [5, 5.41) is 7.85. The van der Waals surface area contributed by atoms with Gasteiger partial charge in [-0.1, -0.05) is 0 Å². The molecule has 0 bridgehead atoms. The molecule has 1 fully saturated rings. The van der Waals surface area contributed by atoms with E-state index in [1.165, 1.54) is 28.7 Å². The highest BCUT2D eigenvalue weighted by Crippen LogP contribution is 2.39. The third-order valence-electron chi connectivity index (χ3n) is 2.51. The van der Waals surface area contributed by atoms with Gasteiger partial charge >= 0.3 is 0 Å². The van der Waals surface area contributed by atoms with Crippen molar-refractivity contribution in [1.82, 2.24) is 15.1 Å². The quantitative estimate of drug-likeness (QED) is 0.790. The first-order valence-corrected chi connectivity index (χ1v) is 5.12. The first-order chi connectivity index (χ1) is 5.86. The molecule has 0 unspecified atom stereocenters. The Labute approximate surface area is 79.3 Å². The number of aromatic nitrogens is 2. The Morgan fingerprint density at radius 2 is 2.25 bits per heavy atom. The summed E-state index contributed by atoms with van der Waals surface area (Å²) < 4.78 is 3.34. The third kappa shape index (κ3) is 0.880. The van der Waals surface area contributed by atoms with Gasteiger partial charge in [-0.3, -0.25) is 4.68 Å². The molecular formula is C8H10BrN3. The highest BCUT2D eigenvalue weighted by Gasteiger charge is 2.30. The molecule has 1 N–H and O–H groups in total. The Hall–Kier alpha value is -0.350. The van der Waals surface area contributed by atoms with Crippen LogP contribution in [0.1, 0.15) is 30.1 Å². The summed E-state index contributed by atoms with van der Waals surface area (Å²) in [6.07, 6.45) is 2.60. The fourth-order valence-corrected chi connectivity index (χ4v) is 2.41. The lowest BCUT2D eigenvalue weighted by Gasteiger charge is -2.00. The van der Waals surface area contributed by atoms with Crippen LogP contribution in [0.4, 0.5) is 0 Å². The Balaban J connectivity index is 2.10. The highest BCUT2D eigenvalue weighted by molar-refractivity contribution is 9.10. The first-order valence-electron chi connectivity index (χ1n) is 4.33. The van der Waals surface area contributed by atoms with Crippen LogP contribution in [0.3, 0.4) is 0 Å². The summed E-state index contributed by atoms with van der Waals surface area (Å²) in [5.74, 6) is 0. The molecule has 1 aromatic rings. The summed E-state index contributed by atoms with van der Waals surface area (Å²) in [6.45, 7) is 1.91. The number of nitrogens with zero attached hydrogens (tertiary/aromatic N) is 2. The van der Waals surface area contributed by atoms with Crippen LogP contribution in [0.5, 0.6) is 0 Å². The molecule has 12 heavy (non-hydrogen) atoms. The van der Waals surface area contributed by atoms with Gasteiger partial charge in [0.15, 0.2) is 0 Å². The Kier molecular flexibility index (Phi) is 1.37. The standard InChI is InChI=1S/C8H10BrN3/c9-8-6-3-10-4-7(6)11-12(8)5-1-2-5/h5,10H,1-4H2. The van der Waals surface area contributed by atoms with Crippen molar-refractivity contribution in [2.75, 3.05) is 0 Å². The molecule has 4 heteroatoms. The number of rotatable bonds is 1. The van der Waals surface area contributed by atoms with E-state index in [9.17, 15) is 0 Å². The first kappa shape index (κ1) is 7.09. The fourth-order valence-electron chi connectivity index (χ4n) is 1.68. The summed E-state index contributed by atoms with van der Waals surface area (Å²) >= 11 is 3.60. The van der Waals surface area contributed by atoms with Gasteiger partial charge in [0.25, 0.3) is 0 Å². The van der Waals surface area contributed by atoms with Crippen LogP contribution >= 0.6 is 15.9 Å². The second-order valence-electron chi connectivity index (χ2n) is 3.50. The van der Waals surface area contributed by atoms with Gasteiger partial charge in [0.05, 0.1) is 11.7 Å². The van der Waals surface area contributed by atoms with Crippen molar-refractivity contribution < 1.29 is 0 Å². The van der Waals surface area contributed by atoms with Crippen molar-refractivity contribution in [3.8, 4) is 0 Å². The average molecular weight is 228 g/mol. The molecule has 64 valence electrons. The van der Waals surface area contributed by atoms with Gasteiger partial charge in [0, 0.05) is 18.7 Å². The summed E-state index contributed by atoms with van der Waals surface area (Å²) in [5.41, 5.74) is 2.59. The van der Waals surface area contributed by atoms with Crippen molar-refractivity contribution >= 4 is 15.9 Å². The van der Waals surface area contributed by atoms with E-state index in [-0.39, 0.29) is 0 Å².